The zero-order chi connectivity index (χ0) is 14.8. The number of benzene rings is 1. The molecule has 0 unspecified atom stereocenters. The lowest BCUT2D eigenvalue weighted by molar-refractivity contribution is -0.384. The van der Waals surface area contributed by atoms with Gasteiger partial charge in [-0.05, 0) is 6.92 Å². The van der Waals surface area contributed by atoms with Crippen molar-refractivity contribution >= 4 is 11.4 Å². The molecule has 7 heteroatoms. The van der Waals surface area contributed by atoms with Crippen LogP contribution in [0, 0.1) is 10.1 Å². The Morgan fingerprint density at radius 3 is 2.70 bits per heavy atom. The molecule has 112 valence electrons. The minimum Gasteiger partial charge on any atom is -0.494 e. The number of anilines is 1. The molecule has 0 amide bonds. The largest absolute Gasteiger partial charge is 0.494 e. The summed E-state index contributed by atoms with van der Waals surface area (Å²) in [5.41, 5.74) is 0.696. The molecule has 2 N–H and O–H groups in total. The standard InChI is InChI=1S/C13H21N3O4/c1-3-20-13-9-11(8-12(10-13)16(17)18)15-5-4-14-6-7-19-2/h8-10,14-15H,3-7H2,1-2H3. The van der Waals surface area contributed by atoms with E-state index in [4.69, 9.17) is 9.47 Å². The smallest absolute Gasteiger partial charge is 0.275 e. The van der Waals surface area contributed by atoms with E-state index >= 15 is 0 Å². The van der Waals surface area contributed by atoms with Gasteiger partial charge in [-0.2, -0.15) is 0 Å². The summed E-state index contributed by atoms with van der Waals surface area (Å²) in [5, 5.41) is 17.2. The van der Waals surface area contributed by atoms with E-state index in [1.807, 2.05) is 6.92 Å². The van der Waals surface area contributed by atoms with E-state index in [9.17, 15) is 10.1 Å². The first-order valence-electron chi connectivity index (χ1n) is 6.53. The molecule has 0 saturated heterocycles. The predicted octanol–water partition coefficient (Wildman–Crippen LogP) is 1.64. The zero-order valence-corrected chi connectivity index (χ0v) is 11.8. The van der Waals surface area contributed by atoms with E-state index in [2.05, 4.69) is 10.6 Å². The van der Waals surface area contributed by atoms with Crippen molar-refractivity contribution in [1.82, 2.24) is 5.32 Å². The monoisotopic (exact) mass is 283 g/mol. The maximum atomic E-state index is 10.9. The van der Waals surface area contributed by atoms with Gasteiger partial charge in [0.1, 0.15) is 5.75 Å². The number of nitro groups is 1. The number of nitro benzene ring substituents is 1. The second kappa shape index (κ2) is 9.11. The Balaban J connectivity index is 2.53. The third kappa shape index (κ3) is 5.85. The quantitative estimate of drug-likeness (QED) is 0.386. The fourth-order valence-corrected chi connectivity index (χ4v) is 1.64. The summed E-state index contributed by atoms with van der Waals surface area (Å²) in [4.78, 5) is 10.4. The first kappa shape index (κ1) is 16.2. The molecular formula is C13H21N3O4. The minimum absolute atomic E-state index is 0.0193. The summed E-state index contributed by atoms with van der Waals surface area (Å²) in [7, 11) is 1.65. The van der Waals surface area contributed by atoms with E-state index in [0.29, 0.717) is 31.2 Å². The minimum atomic E-state index is -0.426. The van der Waals surface area contributed by atoms with Crippen LogP contribution < -0.4 is 15.4 Å². The van der Waals surface area contributed by atoms with Gasteiger partial charge in [0.15, 0.2) is 0 Å². The molecule has 0 aliphatic rings. The van der Waals surface area contributed by atoms with Crippen LogP contribution in [0.4, 0.5) is 11.4 Å². The average molecular weight is 283 g/mol. The molecule has 0 bridgehead atoms. The van der Waals surface area contributed by atoms with Crippen LogP contribution in [0.5, 0.6) is 5.75 Å². The molecule has 1 aromatic rings. The Hall–Kier alpha value is -1.86. The zero-order valence-electron chi connectivity index (χ0n) is 11.8. The Labute approximate surface area is 118 Å². The predicted molar refractivity (Wildman–Crippen MR) is 77.5 cm³/mol. The van der Waals surface area contributed by atoms with E-state index in [1.54, 1.807) is 13.2 Å². The molecule has 0 radical (unpaired) electrons. The molecule has 1 aromatic carbocycles. The van der Waals surface area contributed by atoms with Crippen LogP contribution in [0.2, 0.25) is 0 Å². The molecule has 0 saturated carbocycles. The Kier molecular flexibility index (Phi) is 7.38. The van der Waals surface area contributed by atoms with Crippen LogP contribution in [0.1, 0.15) is 6.92 Å². The van der Waals surface area contributed by atoms with Crippen molar-refractivity contribution < 1.29 is 14.4 Å². The van der Waals surface area contributed by atoms with Crippen molar-refractivity contribution in [1.29, 1.82) is 0 Å². The van der Waals surface area contributed by atoms with Gasteiger partial charge >= 0.3 is 0 Å². The normalized spacial score (nSPS) is 10.3. The van der Waals surface area contributed by atoms with Crippen LogP contribution >= 0.6 is 0 Å². The van der Waals surface area contributed by atoms with Crippen molar-refractivity contribution in [3.05, 3.63) is 28.3 Å². The first-order chi connectivity index (χ1) is 9.67. The highest BCUT2D eigenvalue weighted by molar-refractivity contribution is 5.56. The lowest BCUT2D eigenvalue weighted by Gasteiger charge is -2.10. The van der Waals surface area contributed by atoms with Crippen molar-refractivity contribution in [2.45, 2.75) is 6.92 Å². The third-order valence-corrected chi connectivity index (χ3v) is 2.53. The summed E-state index contributed by atoms with van der Waals surface area (Å²) in [6.07, 6.45) is 0. The molecule has 0 aliphatic carbocycles. The van der Waals surface area contributed by atoms with Crippen LogP contribution in [-0.4, -0.2) is 44.9 Å². The number of rotatable bonds is 10. The van der Waals surface area contributed by atoms with Gasteiger partial charge in [0.05, 0.1) is 24.2 Å². The second-order valence-corrected chi connectivity index (χ2v) is 4.08. The maximum absolute atomic E-state index is 10.9. The molecule has 20 heavy (non-hydrogen) atoms. The average Bonchev–Trinajstić information content (AvgIpc) is 2.43. The fraction of sp³-hybridized carbons (Fsp3) is 0.538. The summed E-state index contributed by atoms with van der Waals surface area (Å²) < 4.78 is 10.2. The summed E-state index contributed by atoms with van der Waals surface area (Å²) in [6.45, 7) is 5.15. The molecule has 0 atom stereocenters. The number of nitrogens with zero attached hydrogens (tertiary/aromatic N) is 1. The first-order valence-corrected chi connectivity index (χ1v) is 6.53. The second-order valence-electron chi connectivity index (χ2n) is 4.08. The van der Waals surface area contributed by atoms with Crippen LogP contribution in [0.3, 0.4) is 0 Å². The van der Waals surface area contributed by atoms with Crippen molar-refractivity contribution in [2.75, 3.05) is 45.3 Å². The van der Waals surface area contributed by atoms with Crippen molar-refractivity contribution in [2.24, 2.45) is 0 Å². The maximum Gasteiger partial charge on any atom is 0.275 e. The molecule has 0 fully saturated rings. The summed E-state index contributed by atoms with van der Waals surface area (Å²) in [6, 6.07) is 4.68. The van der Waals surface area contributed by atoms with Gasteiger partial charge in [-0.3, -0.25) is 10.1 Å². The van der Waals surface area contributed by atoms with Gasteiger partial charge in [0.2, 0.25) is 0 Å². The molecule has 7 nitrogen and oxygen atoms in total. The van der Waals surface area contributed by atoms with Crippen molar-refractivity contribution in [3.8, 4) is 5.75 Å². The van der Waals surface area contributed by atoms with Gasteiger partial charge in [-0.1, -0.05) is 0 Å². The molecular weight excluding hydrogens is 262 g/mol. The summed E-state index contributed by atoms with van der Waals surface area (Å²) >= 11 is 0. The number of nitrogens with one attached hydrogen (secondary N) is 2. The third-order valence-electron chi connectivity index (χ3n) is 2.53. The number of methoxy groups -OCH3 is 1. The lowest BCUT2D eigenvalue weighted by Crippen LogP contribution is -2.25. The van der Waals surface area contributed by atoms with Gasteiger partial charge in [0.25, 0.3) is 5.69 Å². The van der Waals surface area contributed by atoms with E-state index in [1.165, 1.54) is 12.1 Å². The highest BCUT2D eigenvalue weighted by Gasteiger charge is 2.10. The Morgan fingerprint density at radius 1 is 1.25 bits per heavy atom. The Bertz CT molecular complexity index is 426. The molecule has 0 aromatic heterocycles. The van der Waals surface area contributed by atoms with Gasteiger partial charge in [-0.25, -0.2) is 0 Å². The van der Waals surface area contributed by atoms with Crippen LogP contribution in [0.25, 0.3) is 0 Å². The highest BCUT2D eigenvalue weighted by atomic mass is 16.6. The number of hydrogen-bond donors (Lipinski definition) is 2. The summed E-state index contributed by atoms with van der Waals surface area (Å²) in [5.74, 6) is 0.497. The number of non-ortho nitro benzene ring substituents is 1. The molecule has 0 heterocycles. The van der Waals surface area contributed by atoms with Crippen molar-refractivity contribution in [3.63, 3.8) is 0 Å². The fourth-order valence-electron chi connectivity index (χ4n) is 1.64. The topological polar surface area (TPSA) is 85.7 Å². The highest BCUT2D eigenvalue weighted by Crippen LogP contribution is 2.25. The molecule has 0 spiro atoms. The van der Waals surface area contributed by atoms with Gasteiger partial charge in [-0.15, -0.1) is 0 Å². The SMILES string of the molecule is CCOc1cc(NCCNCCOC)cc([N+](=O)[O-])c1. The van der Waals surface area contributed by atoms with Crippen LogP contribution in [0.15, 0.2) is 18.2 Å². The number of ether oxygens (including phenoxy) is 2. The van der Waals surface area contributed by atoms with Crippen LogP contribution in [-0.2, 0) is 4.74 Å². The van der Waals surface area contributed by atoms with Gasteiger partial charge in [0, 0.05) is 44.6 Å². The van der Waals surface area contributed by atoms with E-state index < -0.39 is 4.92 Å². The van der Waals surface area contributed by atoms with E-state index in [-0.39, 0.29) is 5.69 Å². The van der Waals surface area contributed by atoms with Gasteiger partial charge < -0.3 is 20.1 Å². The lowest BCUT2D eigenvalue weighted by atomic mass is 10.2. The molecule has 0 aliphatic heterocycles. The number of hydrogen-bond acceptors (Lipinski definition) is 6. The van der Waals surface area contributed by atoms with E-state index in [0.717, 1.165) is 13.1 Å². The molecule has 1 rings (SSSR count). The Morgan fingerprint density at radius 2 is 2.05 bits per heavy atom.